The first-order chi connectivity index (χ1) is 13.9. The van der Waals surface area contributed by atoms with Crippen molar-refractivity contribution in [1.29, 1.82) is 5.26 Å². The summed E-state index contributed by atoms with van der Waals surface area (Å²) in [5.41, 5.74) is 3.57. The van der Waals surface area contributed by atoms with Crippen molar-refractivity contribution in [3.8, 4) is 6.07 Å². The van der Waals surface area contributed by atoms with Crippen molar-refractivity contribution in [3.05, 3.63) is 34.9 Å². The number of piperidine rings is 2. The highest BCUT2D eigenvalue weighted by atomic mass is 16.7. The van der Waals surface area contributed by atoms with Gasteiger partial charge in [-0.2, -0.15) is 5.26 Å². The maximum Gasteiger partial charge on any atom is 0.508 e. The van der Waals surface area contributed by atoms with Gasteiger partial charge in [-0.15, -0.1) is 0 Å². The van der Waals surface area contributed by atoms with Crippen molar-refractivity contribution in [2.45, 2.75) is 45.1 Å². The first kappa shape index (κ1) is 21.0. The fourth-order valence-electron chi connectivity index (χ4n) is 4.14. The number of hydrogen-bond acceptors (Lipinski definition) is 5. The normalized spacial score (nSPS) is 22.7. The van der Waals surface area contributed by atoms with Crippen LogP contribution in [-0.2, 0) is 9.47 Å². The van der Waals surface area contributed by atoms with Gasteiger partial charge in [0.1, 0.15) is 6.10 Å². The summed E-state index contributed by atoms with van der Waals surface area (Å²) in [5, 5.41) is 9.09. The first-order valence-corrected chi connectivity index (χ1v) is 10.2. The van der Waals surface area contributed by atoms with Gasteiger partial charge in [0, 0.05) is 31.5 Å². The minimum Gasteiger partial charge on any atom is -0.438 e. The quantitative estimate of drug-likeness (QED) is 0.710. The van der Waals surface area contributed by atoms with Crippen LogP contribution in [0.25, 0.3) is 0 Å². The summed E-state index contributed by atoms with van der Waals surface area (Å²) < 4.78 is 10.1. The van der Waals surface area contributed by atoms with E-state index in [1.807, 2.05) is 4.90 Å². The number of rotatable bonds is 2. The SMILES string of the molecule is COC(=O)OC1CC(c2ccc(C)c(C)c2)CN(C(=O)N2CCC(C#N)CC2)C1. The average molecular weight is 399 g/mol. The van der Waals surface area contributed by atoms with Gasteiger partial charge >= 0.3 is 12.2 Å². The molecular weight excluding hydrogens is 370 g/mol. The van der Waals surface area contributed by atoms with Crippen molar-refractivity contribution in [1.82, 2.24) is 9.80 Å². The summed E-state index contributed by atoms with van der Waals surface area (Å²) >= 11 is 0. The van der Waals surface area contributed by atoms with Crippen molar-refractivity contribution < 1.29 is 19.1 Å². The third kappa shape index (κ3) is 5.00. The molecule has 2 aliphatic heterocycles. The Morgan fingerprint density at radius 1 is 1.10 bits per heavy atom. The molecule has 1 aromatic rings. The predicted molar refractivity (Wildman–Crippen MR) is 107 cm³/mol. The van der Waals surface area contributed by atoms with Gasteiger partial charge in [-0.1, -0.05) is 18.2 Å². The zero-order valence-electron chi connectivity index (χ0n) is 17.4. The number of benzene rings is 1. The van der Waals surface area contributed by atoms with Crippen molar-refractivity contribution in [2.24, 2.45) is 5.92 Å². The van der Waals surface area contributed by atoms with E-state index in [9.17, 15) is 9.59 Å². The molecule has 2 atom stereocenters. The third-order valence-electron chi connectivity index (χ3n) is 6.06. The van der Waals surface area contributed by atoms with Crippen LogP contribution in [0.4, 0.5) is 9.59 Å². The Labute approximate surface area is 172 Å². The van der Waals surface area contributed by atoms with Gasteiger partial charge < -0.3 is 19.3 Å². The second-order valence-electron chi connectivity index (χ2n) is 8.05. The number of nitriles is 1. The predicted octanol–water partition coefficient (Wildman–Crippen LogP) is 3.60. The van der Waals surface area contributed by atoms with Crippen molar-refractivity contribution in [2.75, 3.05) is 33.3 Å². The monoisotopic (exact) mass is 399 g/mol. The molecular formula is C22H29N3O4. The molecule has 29 heavy (non-hydrogen) atoms. The number of nitrogens with zero attached hydrogens (tertiary/aromatic N) is 3. The molecule has 3 rings (SSSR count). The average Bonchev–Trinajstić information content (AvgIpc) is 2.74. The lowest BCUT2D eigenvalue weighted by Gasteiger charge is -2.41. The minimum atomic E-state index is -0.724. The summed E-state index contributed by atoms with van der Waals surface area (Å²) in [4.78, 5) is 28.4. The second kappa shape index (κ2) is 9.17. The minimum absolute atomic E-state index is 0.0269. The zero-order chi connectivity index (χ0) is 21.0. The van der Waals surface area contributed by atoms with E-state index in [1.165, 1.54) is 18.2 Å². The summed E-state index contributed by atoms with van der Waals surface area (Å²) in [6, 6.07) is 8.58. The van der Waals surface area contributed by atoms with E-state index in [0.29, 0.717) is 45.4 Å². The maximum atomic E-state index is 13.1. The Kier molecular flexibility index (Phi) is 6.63. The van der Waals surface area contributed by atoms with Crippen LogP contribution in [0.1, 0.15) is 41.9 Å². The molecule has 0 N–H and O–H groups in total. The van der Waals surface area contributed by atoms with Crippen LogP contribution in [0.15, 0.2) is 18.2 Å². The fourth-order valence-corrected chi connectivity index (χ4v) is 4.14. The Morgan fingerprint density at radius 3 is 2.45 bits per heavy atom. The van der Waals surface area contributed by atoms with E-state index in [2.05, 4.69) is 42.9 Å². The standard InChI is InChI=1S/C22H29N3O4/c1-15-4-5-18(10-16(15)2)19-11-20(29-22(27)28-3)14-25(13-19)21(26)24-8-6-17(12-23)7-9-24/h4-5,10,17,19-20H,6-9,11,13-14H2,1-3H3. The Bertz CT molecular complexity index is 796. The molecule has 0 saturated carbocycles. The number of likely N-dealkylation sites (tertiary alicyclic amines) is 2. The molecule has 1 aromatic carbocycles. The van der Waals surface area contributed by atoms with Crippen LogP contribution in [0, 0.1) is 31.1 Å². The summed E-state index contributed by atoms with van der Waals surface area (Å²) in [6.45, 7) is 6.26. The highest BCUT2D eigenvalue weighted by Gasteiger charge is 2.36. The summed E-state index contributed by atoms with van der Waals surface area (Å²) in [7, 11) is 1.29. The van der Waals surface area contributed by atoms with Gasteiger partial charge in [-0.05, 0) is 49.8 Å². The molecule has 2 amide bonds. The van der Waals surface area contributed by atoms with E-state index in [-0.39, 0.29) is 17.9 Å². The van der Waals surface area contributed by atoms with E-state index < -0.39 is 12.3 Å². The number of ether oxygens (including phenoxy) is 2. The molecule has 0 spiro atoms. The topological polar surface area (TPSA) is 82.9 Å². The fraction of sp³-hybridized carbons (Fsp3) is 0.591. The van der Waals surface area contributed by atoms with Crippen LogP contribution >= 0.6 is 0 Å². The van der Waals surface area contributed by atoms with E-state index in [4.69, 9.17) is 10.00 Å². The summed E-state index contributed by atoms with van der Waals surface area (Å²) in [5.74, 6) is 0.109. The number of carbonyl (C=O) groups is 2. The molecule has 2 aliphatic rings. The molecule has 0 aromatic heterocycles. The molecule has 2 heterocycles. The number of aryl methyl sites for hydroxylation is 2. The Morgan fingerprint density at radius 2 is 1.83 bits per heavy atom. The molecule has 7 nitrogen and oxygen atoms in total. The Hall–Kier alpha value is -2.75. The lowest BCUT2D eigenvalue weighted by Crippen LogP contribution is -2.53. The Balaban J connectivity index is 1.76. The van der Waals surface area contributed by atoms with Crippen molar-refractivity contribution >= 4 is 12.2 Å². The summed E-state index contributed by atoms with van der Waals surface area (Å²) in [6.07, 6.45) is 0.927. The molecule has 2 unspecified atom stereocenters. The van der Waals surface area contributed by atoms with Crippen LogP contribution in [0.2, 0.25) is 0 Å². The third-order valence-corrected chi connectivity index (χ3v) is 6.06. The van der Waals surface area contributed by atoms with Crippen LogP contribution in [0.5, 0.6) is 0 Å². The van der Waals surface area contributed by atoms with Gasteiger partial charge in [0.25, 0.3) is 0 Å². The number of carbonyl (C=O) groups excluding carboxylic acids is 2. The highest BCUT2D eigenvalue weighted by Crippen LogP contribution is 2.31. The van der Waals surface area contributed by atoms with Gasteiger partial charge in [-0.3, -0.25) is 0 Å². The molecule has 0 radical (unpaired) electrons. The number of urea groups is 1. The van der Waals surface area contributed by atoms with Crippen LogP contribution < -0.4 is 0 Å². The molecule has 2 fully saturated rings. The van der Waals surface area contributed by atoms with Crippen LogP contribution in [0.3, 0.4) is 0 Å². The van der Waals surface area contributed by atoms with Gasteiger partial charge in [0.15, 0.2) is 0 Å². The van der Waals surface area contributed by atoms with E-state index >= 15 is 0 Å². The smallest absolute Gasteiger partial charge is 0.438 e. The zero-order valence-corrected chi connectivity index (χ0v) is 17.4. The second-order valence-corrected chi connectivity index (χ2v) is 8.05. The largest absolute Gasteiger partial charge is 0.508 e. The molecule has 156 valence electrons. The van der Waals surface area contributed by atoms with Gasteiger partial charge in [0.2, 0.25) is 0 Å². The number of methoxy groups -OCH3 is 1. The number of hydrogen-bond donors (Lipinski definition) is 0. The maximum absolute atomic E-state index is 13.1. The van der Waals surface area contributed by atoms with E-state index in [0.717, 1.165) is 5.56 Å². The van der Waals surface area contributed by atoms with Gasteiger partial charge in [-0.25, -0.2) is 9.59 Å². The van der Waals surface area contributed by atoms with E-state index in [1.54, 1.807) is 4.90 Å². The van der Waals surface area contributed by atoms with Gasteiger partial charge in [0.05, 0.1) is 19.7 Å². The number of amides is 2. The lowest BCUT2D eigenvalue weighted by atomic mass is 9.87. The lowest BCUT2D eigenvalue weighted by molar-refractivity contribution is 0.00216. The molecule has 0 aliphatic carbocycles. The highest BCUT2D eigenvalue weighted by molar-refractivity contribution is 5.75. The first-order valence-electron chi connectivity index (χ1n) is 10.2. The van der Waals surface area contributed by atoms with Crippen LogP contribution in [-0.4, -0.2) is 61.4 Å². The molecule has 0 bridgehead atoms. The van der Waals surface area contributed by atoms with Crippen molar-refractivity contribution in [3.63, 3.8) is 0 Å². The molecule has 2 saturated heterocycles. The molecule has 7 heteroatoms.